The molecule has 4 rings (SSSR count). The minimum absolute atomic E-state index is 0.207. The summed E-state index contributed by atoms with van der Waals surface area (Å²) in [5.74, 6) is 1.36. The van der Waals surface area contributed by atoms with Gasteiger partial charge in [0, 0.05) is 31.7 Å². The molecule has 3 heterocycles. The zero-order valence-corrected chi connectivity index (χ0v) is 15.8. The number of hydrogen-bond donors (Lipinski definition) is 0. The van der Waals surface area contributed by atoms with Gasteiger partial charge in [0.1, 0.15) is 0 Å². The summed E-state index contributed by atoms with van der Waals surface area (Å²) in [4.78, 5) is 6.73. The summed E-state index contributed by atoms with van der Waals surface area (Å²) >= 11 is 0. The topological polar surface area (TPSA) is 89.2 Å². The minimum Gasteiger partial charge on any atom is -0.420 e. The van der Waals surface area contributed by atoms with Crippen molar-refractivity contribution in [3.05, 3.63) is 60.2 Å². The molecule has 0 amide bonds. The molecule has 1 saturated heterocycles. The van der Waals surface area contributed by atoms with E-state index in [2.05, 4.69) is 20.1 Å². The van der Waals surface area contributed by atoms with Crippen molar-refractivity contribution >= 4 is 9.84 Å². The second kappa shape index (κ2) is 7.21. The number of aromatic nitrogens is 3. The first-order valence-electron chi connectivity index (χ1n) is 8.74. The molecule has 3 aromatic rings. The highest BCUT2D eigenvalue weighted by Gasteiger charge is 2.28. The van der Waals surface area contributed by atoms with Crippen molar-refractivity contribution in [1.29, 1.82) is 0 Å². The SMILES string of the molecule is CS(=O)(=O)c1ccc(CN2CCC(c3nnc(-c4cccnc4)o3)C2)cc1. The van der Waals surface area contributed by atoms with E-state index in [-0.39, 0.29) is 5.92 Å². The molecule has 140 valence electrons. The molecule has 1 aliphatic rings. The summed E-state index contributed by atoms with van der Waals surface area (Å²) in [7, 11) is -3.16. The normalized spacial score (nSPS) is 18.0. The van der Waals surface area contributed by atoms with Gasteiger partial charge in [0.25, 0.3) is 0 Å². The van der Waals surface area contributed by atoms with E-state index in [1.807, 2.05) is 24.3 Å². The van der Waals surface area contributed by atoms with E-state index < -0.39 is 9.84 Å². The number of hydrogen-bond acceptors (Lipinski definition) is 7. The van der Waals surface area contributed by atoms with Gasteiger partial charge in [0.15, 0.2) is 9.84 Å². The lowest BCUT2D eigenvalue weighted by Gasteiger charge is -2.15. The predicted molar refractivity (Wildman–Crippen MR) is 99.7 cm³/mol. The van der Waals surface area contributed by atoms with E-state index in [0.717, 1.165) is 37.2 Å². The molecule has 1 unspecified atom stereocenters. The monoisotopic (exact) mass is 384 g/mol. The summed E-state index contributed by atoms with van der Waals surface area (Å²) in [6, 6.07) is 10.8. The Morgan fingerprint density at radius 1 is 1.19 bits per heavy atom. The average Bonchev–Trinajstić information content (AvgIpc) is 3.31. The van der Waals surface area contributed by atoms with Gasteiger partial charge in [-0.3, -0.25) is 9.88 Å². The average molecular weight is 384 g/mol. The Hall–Kier alpha value is -2.58. The Bertz CT molecular complexity index is 1020. The number of sulfone groups is 1. The minimum atomic E-state index is -3.16. The number of rotatable bonds is 5. The number of benzene rings is 1. The highest BCUT2D eigenvalue weighted by Crippen LogP contribution is 2.29. The standard InChI is InChI=1S/C19H20N4O3S/c1-27(24,25)17-6-4-14(5-7-17)12-23-10-8-16(13-23)19-22-21-18(26-19)15-3-2-9-20-11-15/h2-7,9,11,16H,8,10,12-13H2,1H3. The van der Waals surface area contributed by atoms with Crippen LogP contribution in [0.25, 0.3) is 11.5 Å². The van der Waals surface area contributed by atoms with Gasteiger partial charge < -0.3 is 4.42 Å². The highest BCUT2D eigenvalue weighted by atomic mass is 32.2. The zero-order chi connectivity index (χ0) is 18.9. The van der Waals surface area contributed by atoms with Gasteiger partial charge in [0.2, 0.25) is 11.8 Å². The van der Waals surface area contributed by atoms with Gasteiger partial charge >= 0.3 is 0 Å². The zero-order valence-electron chi connectivity index (χ0n) is 14.9. The fraction of sp³-hybridized carbons (Fsp3) is 0.316. The summed E-state index contributed by atoms with van der Waals surface area (Å²) in [6.07, 6.45) is 5.59. The number of pyridine rings is 1. The highest BCUT2D eigenvalue weighted by molar-refractivity contribution is 7.90. The van der Waals surface area contributed by atoms with Crippen LogP contribution in [0.15, 0.2) is 58.1 Å². The molecule has 1 atom stereocenters. The van der Waals surface area contributed by atoms with E-state index in [9.17, 15) is 8.42 Å². The molecular formula is C19H20N4O3S. The molecule has 8 heteroatoms. The molecule has 1 aromatic carbocycles. The third-order valence-electron chi connectivity index (χ3n) is 4.73. The van der Waals surface area contributed by atoms with Gasteiger partial charge in [-0.1, -0.05) is 12.1 Å². The second-order valence-corrected chi connectivity index (χ2v) is 8.84. The smallest absolute Gasteiger partial charge is 0.249 e. The molecule has 0 aliphatic carbocycles. The van der Waals surface area contributed by atoms with Crippen LogP contribution in [0.1, 0.15) is 23.8 Å². The lowest BCUT2D eigenvalue weighted by atomic mass is 10.1. The quantitative estimate of drug-likeness (QED) is 0.668. The molecule has 2 aromatic heterocycles. The van der Waals surface area contributed by atoms with Crippen LogP contribution in [0, 0.1) is 0 Å². The van der Waals surface area contributed by atoms with Crippen LogP contribution in [0.2, 0.25) is 0 Å². The van der Waals surface area contributed by atoms with Gasteiger partial charge in [-0.15, -0.1) is 10.2 Å². The van der Waals surface area contributed by atoms with Crippen LogP contribution in [-0.4, -0.2) is 47.8 Å². The summed E-state index contributed by atoms with van der Waals surface area (Å²) in [6.45, 7) is 2.54. The summed E-state index contributed by atoms with van der Waals surface area (Å²) in [5.41, 5.74) is 1.90. The maximum absolute atomic E-state index is 11.6. The molecule has 1 fully saturated rings. The second-order valence-electron chi connectivity index (χ2n) is 6.82. The molecule has 0 spiro atoms. The van der Waals surface area contributed by atoms with E-state index in [0.29, 0.717) is 16.7 Å². The third-order valence-corrected chi connectivity index (χ3v) is 5.86. The number of nitrogens with zero attached hydrogens (tertiary/aromatic N) is 4. The summed E-state index contributed by atoms with van der Waals surface area (Å²) in [5, 5.41) is 8.36. The maximum atomic E-state index is 11.6. The first kappa shape index (κ1) is 17.8. The molecule has 7 nitrogen and oxygen atoms in total. The lowest BCUT2D eigenvalue weighted by Crippen LogP contribution is -2.19. The van der Waals surface area contributed by atoms with Crippen molar-refractivity contribution in [3.8, 4) is 11.5 Å². The molecule has 0 N–H and O–H groups in total. The van der Waals surface area contributed by atoms with E-state index in [1.54, 1.807) is 24.5 Å². The van der Waals surface area contributed by atoms with Crippen LogP contribution in [0.4, 0.5) is 0 Å². The van der Waals surface area contributed by atoms with Crippen LogP contribution in [0.3, 0.4) is 0 Å². The van der Waals surface area contributed by atoms with E-state index in [4.69, 9.17) is 4.42 Å². The van der Waals surface area contributed by atoms with Gasteiger partial charge in [-0.05, 0) is 42.8 Å². The van der Waals surface area contributed by atoms with Crippen LogP contribution >= 0.6 is 0 Å². The Morgan fingerprint density at radius 2 is 2.00 bits per heavy atom. The van der Waals surface area contributed by atoms with Crippen molar-refractivity contribution in [1.82, 2.24) is 20.1 Å². The van der Waals surface area contributed by atoms with Crippen molar-refractivity contribution in [3.63, 3.8) is 0 Å². The molecular weight excluding hydrogens is 364 g/mol. The molecule has 1 aliphatic heterocycles. The van der Waals surface area contributed by atoms with Gasteiger partial charge in [-0.25, -0.2) is 8.42 Å². The first-order chi connectivity index (χ1) is 13.0. The van der Waals surface area contributed by atoms with Crippen LogP contribution in [0.5, 0.6) is 0 Å². The van der Waals surface area contributed by atoms with Gasteiger partial charge in [0.05, 0.1) is 16.4 Å². The number of likely N-dealkylation sites (tertiary alicyclic amines) is 1. The predicted octanol–water partition coefficient (Wildman–Crippen LogP) is 2.52. The van der Waals surface area contributed by atoms with Crippen molar-refractivity contribution < 1.29 is 12.8 Å². The molecule has 0 radical (unpaired) electrons. The Labute approximate surface area is 158 Å². The first-order valence-corrected chi connectivity index (χ1v) is 10.6. The van der Waals surface area contributed by atoms with Crippen molar-refractivity contribution in [2.24, 2.45) is 0 Å². The Balaban J connectivity index is 1.40. The van der Waals surface area contributed by atoms with Crippen LogP contribution in [-0.2, 0) is 16.4 Å². The molecule has 0 saturated carbocycles. The van der Waals surface area contributed by atoms with Gasteiger partial charge in [-0.2, -0.15) is 0 Å². The summed E-state index contributed by atoms with van der Waals surface area (Å²) < 4.78 is 29.0. The maximum Gasteiger partial charge on any atom is 0.249 e. The van der Waals surface area contributed by atoms with Crippen molar-refractivity contribution in [2.45, 2.75) is 23.8 Å². The largest absolute Gasteiger partial charge is 0.420 e. The Morgan fingerprint density at radius 3 is 2.70 bits per heavy atom. The molecule has 0 bridgehead atoms. The fourth-order valence-corrected chi connectivity index (χ4v) is 3.91. The third kappa shape index (κ3) is 4.06. The fourth-order valence-electron chi connectivity index (χ4n) is 3.28. The van der Waals surface area contributed by atoms with Crippen molar-refractivity contribution in [2.75, 3.05) is 19.3 Å². The van der Waals surface area contributed by atoms with Crippen LogP contribution < -0.4 is 0 Å². The van der Waals surface area contributed by atoms with E-state index in [1.165, 1.54) is 6.26 Å². The van der Waals surface area contributed by atoms with E-state index >= 15 is 0 Å². The molecule has 27 heavy (non-hydrogen) atoms. The Kier molecular flexibility index (Phi) is 4.75. The lowest BCUT2D eigenvalue weighted by molar-refractivity contribution is 0.320.